The largest absolute Gasteiger partial charge is 0.382 e. The van der Waals surface area contributed by atoms with Gasteiger partial charge in [0.25, 0.3) is 0 Å². The minimum absolute atomic E-state index is 0.662. The van der Waals surface area contributed by atoms with Crippen molar-refractivity contribution in [2.75, 3.05) is 36.8 Å². The quantitative estimate of drug-likeness (QED) is 0.836. The first-order chi connectivity index (χ1) is 8.34. The van der Waals surface area contributed by atoms with E-state index in [0.717, 1.165) is 24.8 Å². The van der Waals surface area contributed by atoms with E-state index >= 15 is 0 Å². The second-order valence-electron chi connectivity index (χ2n) is 5.04. The van der Waals surface area contributed by atoms with E-state index in [1.807, 2.05) is 6.07 Å². The maximum Gasteiger partial charge on any atom is 0.146 e. The van der Waals surface area contributed by atoms with Gasteiger partial charge in [0.15, 0.2) is 0 Å². The van der Waals surface area contributed by atoms with Gasteiger partial charge in [0, 0.05) is 25.3 Å². The fourth-order valence-corrected chi connectivity index (χ4v) is 3.04. The molecule has 2 aliphatic heterocycles. The molecule has 4 nitrogen and oxygen atoms in total. The average molecular weight is 232 g/mol. The predicted molar refractivity (Wildman–Crippen MR) is 70.1 cm³/mol. The third kappa shape index (κ3) is 2.09. The van der Waals surface area contributed by atoms with Crippen molar-refractivity contribution < 1.29 is 0 Å². The van der Waals surface area contributed by atoms with Crippen LogP contribution >= 0.6 is 0 Å². The first-order valence-electron chi connectivity index (χ1n) is 6.54. The van der Waals surface area contributed by atoms with Crippen LogP contribution in [0.5, 0.6) is 0 Å². The molecule has 2 aliphatic rings. The van der Waals surface area contributed by atoms with Crippen LogP contribution in [-0.4, -0.2) is 42.1 Å². The normalized spacial score (nSPS) is 25.6. The monoisotopic (exact) mass is 232 g/mol. The highest BCUT2D eigenvalue weighted by Gasteiger charge is 2.29. The third-order valence-corrected chi connectivity index (χ3v) is 3.98. The van der Waals surface area contributed by atoms with Crippen molar-refractivity contribution in [1.29, 1.82) is 0 Å². The fraction of sp³-hybridized carbons (Fsp3) is 0.615. The van der Waals surface area contributed by atoms with Gasteiger partial charge in [0.1, 0.15) is 5.82 Å². The highest BCUT2D eigenvalue weighted by molar-refractivity contribution is 5.63. The molecule has 0 spiro atoms. The molecule has 0 bridgehead atoms. The molecule has 1 aromatic heterocycles. The lowest BCUT2D eigenvalue weighted by molar-refractivity contribution is 0.260. The van der Waals surface area contributed by atoms with Gasteiger partial charge in [-0.1, -0.05) is 0 Å². The zero-order valence-electron chi connectivity index (χ0n) is 10.2. The number of hydrogen-bond acceptors (Lipinski definition) is 4. The topological polar surface area (TPSA) is 45.4 Å². The molecule has 92 valence electrons. The molecule has 2 N–H and O–H groups in total. The minimum Gasteiger partial charge on any atom is -0.382 e. The maximum absolute atomic E-state index is 5.93. The fourth-order valence-electron chi connectivity index (χ4n) is 3.04. The molecular formula is C13H20N4. The molecule has 2 fully saturated rings. The van der Waals surface area contributed by atoms with Crippen LogP contribution in [0.4, 0.5) is 11.5 Å². The van der Waals surface area contributed by atoms with E-state index in [1.54, 1.807) is 6.20 Å². The number of nitrogens with zero attached hydrogens (tertiary/aromatic N) is 3. The molecule has 17 heavy (non-hydrogen) atoms. The lowest BCUT2D eigenvalue weighted by atomic mass is 10.2. The second-order valence-corrected chi connectivity index (χ2v) is 5.04. The predicted octanol–water partition coefficient (Wildman–Crippen LogP) is 1.34. The summed E-state index contributed by atoms with van der Waals surface area (Å²) in [6, 6.07) is 4.76. The Kier molecular flexibility index (Phi) is 2.89. The van der Waals surface area contributed by atoms with Crippen LogP contribution in [0.3, 0.4) is 0 Å². The summed E-state index contributed by atoms with van der Waals surface area (Å²) in [6.45, 7) is 4.77. The number of anilines is 2. The molecule has 1 atom stereocenters. The van der Waals surface area contributed by atoms with Crippen molar-refractivity contribution in [2.24, 2.45) is 0 Å². The maximum atomic E-state index is 5.93. The van der Waals surface area contributed by atoms with E-state index in [1.165, 1.54) is 32.4 Å². The van der Waals surface area contributed by atoms with Gasteiger partial charge in [0.05, 0.1) is 5.69 Å². The third-order valence-electron chi connectivity index (χ3n) is 3.98. The van der Waals surface area contributed by atoms with Gasteiger partial charge < -0.3 is 10.6 Å². The van der Waals surface area contributed by atoms with E-state index in [0.29, 0.717) is 5.82 Å². The van der Waals surface area contributed by atoms with E-state index in [-0.39, 0.29) is 0 Å². The van der Waals surface area contributed by atoms with E-state index in [9.17, 15) is 0 Å². The first kappa shape index (κ1) is 10.8. The highest BCUT2D eigenvalue weighted by atomic mass is 15.3. The Morgan fingerprint density at radius 1 is 1.24 bits per heavy atom. The van der Waals surface area contributed by atoms with E-state index < -0.39 is 0 Å². The van der Waals surface area contributed by atoms with Crippen LogP contribution in [0, 0.1) is 0 Å². The lowest BCUT2D eigenvalue weighted by Crippen LogP contribution is -2.35. The van der Waals surface area contributed by atoms with Gasteiger partial charge >= 0.3 is 0 Å². The van der Waals surface area contributed by atoms with Gasteiger partial charge in [-0.2, -0.15) is 0 Å². The molecule has 4 heteroatoms. The van der Waals surface area contributed by atoms with Crippen molar-refractivity contribution in [3.05, 3.63) is 18.3 Å². The molecule has 0 aliphatic carbocycles. The molecule has 0 amide bonds. The summed E-state index contributed by atoms with van der Waals surface area (Å²) in [5.74, 6) is 0.662. The summed E-state index contributed by atoms with van der Waals surface area (Å²) in [4.78, 5) is 9.18. The number of hydrogen-bond donors (Lipinski definition) is 1. The molecule has 3 rings (SSSR count). The van der Waals surface area contributed by atoms with Crippen molar-refractivity contribution in [1.82, 2.24) is 9.88 Å². The van der Waals surface area contributed by atoms with Crippen LogP contribution in [0.2, 0.25) is 0 Å². The molecule has 2 saturated heterocycles. The standard InChI is InChI=1S/C13H20N4/c14-13-12(4-3-6-15-13)17-9-5-11(10-17)16-7-1-2-8-16/h3-4,6,11H,1-2,5,7-10H2,(H2,14,15). The zero-order valence-corrected chi connectivity index (χ0v) is 10.2. The molecule has 0 radical (unpaired) electrons. The summed E-state index contributed by atoms with van der Waals surface area (Å²) in [5, 5.41) is 0. The van der Waals surface area contributed by atoms with Crippen molar-refractivity contribution in [2.45, 2.75) is 25.3 Å². The van der Waals surface area contributed by atoms with Crippen LogP contribution in [0.25, 0.3) is 0 Å². The summed E-state index contributed by atoms with van der Waals surface area (Å²) in [7, 11) is 0. The van der Waals surface area contributed by atoms with Gasteiger partial charge in [-0.05, 0) is 44.5 Å². The SMILES string of the molecule is Nc1ncccc1N1CCC(N2CCCC2)C1. The molecule has 0 aromatic carbocycles. The van der Waals surface area contributed by atoms with Crippen LogP contribution in [0.1, 0.15) is 19.3 Å². The summed E-state index contributed by atoms with van der Waals surface area (Å²) >= 11 is 0. The second kappa shape index (κ2) is 4.53. The van der Waals surface area contributed by atoms with Crippen LogP contribution < -0.4 is 10.6 Å². The van der Waals surface area contributed by atoms with Crippen LogP contribution in [-0.2, 0) is 0 Å². The molecule has 3 heterocycles. The number of nitrogen functional groups attached to an aromatic ring is 1. The first-order valence-corrected chi connectivity index (χ1v) is 6.54. The molecule has 0 saturated carbocycles. The summed E-state index contributed by atoms with van der Waals surface area (Å²) in [5.41, 5.74) is 7.04. The van der Waals surface area contributed by atoms with Gasteiger partial charge in [-0.25, -0.2) is 4.98 Å². The Hall–Kier alpha value is -1.29. The smallest absolute Gasteiger partial charge is 0.146 e. The van der Waals surface area contributed by atoms with Gasteiger partial charge in [-0.3, -0.25) is 4.90 Å². The van der Waals surface area contributed by atoms with Gasteiger partial charge in [0.2, 0.25) is 0 Å². The molecular weight excluding hydrogens is 212 g/mol. The van der Waals surface area contributed by atoms with Crippen molar-refractivity contribution in [3.8, 4) is 0 Å². The Morgan fingerprint density at radius 2 is 2.06 bits per heavy atom. The number of rotatable bonds is 2. The van der Waals surface area contributed by atoms with Crippen molar-refractivity contribution in [3.63, 3.8) is 0 Å². The Balaban J connectivity index is 1.69. The molecule has 1 unspecified atom stereocenters. The minimum atomic E-state index is 0.662. The van der Waals surface area contributed by atoms with Crippen LogP contribution in [0.15, 0.2) is 18.3 Å². The highest BCUT2D eigenvalue weighted by Crippen LogP contribution is 2.27. The number of aromatic nitrogens is 1. The van der Waals surface area contributed by atoms with Gasteiger partial charge in [-0.15, -0.1) is 0 Å². The van der Waals surface area contributed by atoms with E-state index in [4.69, 9.17) is 5.73 Å². The average Bonchev–Trinajstić information content (AvgIpc) is 3.00. The zero-order chi connectivity index (χ0) is 11.7. The van der Waals surface area contributed by atoms with Crippen molar-refractivity contribution >= 4 is 11.5 Å². The Labute approximate surface area is 102 Å². The van der Waals surface area contributed by atoms with E-state index in [2.05, 4.69) is 20.9 Å². The summed E-state index contributed by atoms with van der Waals surface area (Å²) in [6.07, 6.45) is 5.75. The lowest BCUT2D eigenvalue weighted by Gasteiger charge is -2.24. The number of pyridine rings is 1. The Bertz CT molecular complexity index is 387. The molecule has 1 aromatic rings. The summed E-state index contributed by atoms with van der Waals surface area (Å²) < 4.78 is 0. The number of likely N-dealkylation sites (tertiary alicyclic amines) is 1. The number of nitrogens with two attached hydrogens (primary N) is 1. The Morgan fingerprint density at radius 3 is 2.82 bits per heavy atom.